The van der Waals surface area contributed by atoms with Crippen molar-refractivity contribution in [3.8, 4) is 0 Å². The first-order valence-corrected chi connectivity index (χ1v) is 7.88. The van der Waals surface area contributed by atoms with Crippen molar-refractivity contribution in [3.05, 3.63) is 30.5 Å². The molecule has 0 unspecified atom stereocenters. The summed E-state index contributed by atoms with van der Waals surface area (Å²) < 4.78 is 0. The van der Waals surface area contributed by atoms with Crippen LogP contribution in [0.3, 0.4) is 0 Å². The molecule has 0 radical (unpaired) electrons. The molecule has 21 heavy (non-hydrogen) atoms. The summed E-state index contributed by atoms with van der Waals surface area (Å²) in [5.74, 6) is 0.977. The molecule has 2 aliphatic rings. The molecule has 110 valence electrons. The van der Waals surface area contributed by atoms with Crippen LogP contribution in [0.15, 0.2) is 30.5 Å². The Bertz CT molecular complexity index is 668. The quantitative estimate of drug-likeness (QED) is 0.941. The highest BCUT2D eigenvalue weighted by Gasteiger charge is 2.55. The molecule has 1 aromatic heterocycles. The SMILES string of the molecule is CC[C@]1(CO)C[C@H]2CC[C@@H]1N2c1cnc2ccccc2n1. The summed E-state index contributed by atoms with van der Waals surface area (Å²) in [6, 6.07) is 8.93. The van der Waals surface area contributed by atoms with E-state index in [-0.39, 0.29) is 12.0 Å². The highest BCUT2D eigenvalue weighted by molar-refractivity contribution is 5.75. The van der Waals surface area contributed by atoms with Crippen LogP contribution in [-0.2, 0) is 0 Å². The van der Waals surface area contributed by atoms with E-state index >= 15 is 0 Å². The number of anilines is 1. The normalized spacial score (nSPS) is 31.2. The van der Waals surface area contributed by atoms with Crippen molar-refractivity contribution < 1.29 is 5.11 Å². The first-order valence-electron chi connectivity index (χ1n) is 7.88. The van der Waals surface area contributed by atoms with Crippen LogP contribution >= 0.6 is 0 Å². The van der Waals surface area contributed by atoms with Crippen molar-refractivity contribution in [2.24, 2.45) is 5.41 Å². The molecule has 4 heteroatoms. The van der Waals surface area contributed by atoms with E-state index in [1.54, 1.807) is 0 Å². The predicted molar refractivity (Wildman–Crippen MR) is 83.3 cm³/mol. The monoisotopic (exact) mass is 283 g/mol. The van der Waals surface area contributed by atoms with Crippen molar-refractivity contribution >= 4 is 16.9 Å². The lowest BCUT2D eigenvalue weighted by Gasteiger charge is -2.35. The number of hydrogen-bond acceptors (Lipinski definition) is 4. The van der Waals surface area contributed by atoms with Crippen molar-refractivity contribution in [2.45, 2.75) is 44.7 Å². The minimum atomic E-state index is 0.0518. The molecule has 2 aliphatic heterocycles. The van der Waals surface area contributed by atoms with E-state index in [0.717, 1.165) is 36.1 Å². The van der Waals surface area contributed by atoms with Gasteiger partial charge in [-0.3, -0.25) is 4.98 Å². The van der Waals surface area contributed by atoms with Crippen LogP contribution < -0.4 is 4.90 Å². The molecule has 0 aliphatic carbocycles. The number of benzene rings is 1. The number of nitrogens with zero attached hydrogens (tertiary/aromatic N) is 3. The maximum Gasteiger partial charge on any atom is 0.148 e. The second-order valence-corrected chi connectivity index (χ2v) is 6.45. The van der Waals surface area contributed by atoms with Crippen LogP contribution in [0.25, 0.3) is 11.0 Å². The highest BCUT2D eigenvalue weighted by atomic mass is 16.3. The third kappa shape index (κ3) is 1.78. The first kappa shape index (κ1) is 13.0. The Labute approximate surface area is 124 Å². The molecule has 2 fully saturated rings. The van der Waals surface area contributed by atoms with Gasteiger partial charge in [-0.2, -0.15) is 0 Å². The second kappa shape index (κ2) is 4.67. The van der Waals surface area contributed by atoms with Gasteiger partial charge in [0.25, 0.3) is 0 Å². The summed E-state index contributed by atoms with van der Waals surface area (Å²) in [6.07, 6.45) is 6.38. The first-order chi connectivity index (χ1) is 10.3. The fourth-order valence-electron chi connectivity index (χ4n) is 4.37. The number of hydrogen-bond donors (Lipinski definition) is 1. The van der Waals surface area contributed by atoms with Gasteiger partial charge in [0.15, 0.2) is 0 Å². The molecule has 4 nitrogen and oxygen atoms in total. The van der Waals surface area contributed by atoms with Crippen LogP contribution in [0.4, 0.5) is 5.82 Å². The van der Waals surface area contributed by atoms with Crippen molar-refractivity contribution in [1.29, 1.82) is 0 Å². The Hall–Kier alpha value is -1.68. The Morgan fingerprint density at radius 3 is 2.81 bits per heavy atom. The van der Waals surface area contributed by atoms with Gasteiger partial charge in [-0.05, 0) is 37.8 Å². The lowest BCUT2D eigenvalue weighted by molar-refractivity contribution is 0.0944. The van der Waals surface area contributed by atoms with Crippen molar-refractivity contribution in [2.75, 3.05) is 11.5 Å². The predicted octanol–water partition coefficient (Wildman–Crippen LogP) is 2.76. The zero-order valence-corrected chi connectivity index (χ0v) is 12.4. The lowest BCUT2D eigenvalue weighted by atomic mass is 9.72. The van der Waals surface area contributed by atoms with E-state index in [0.29, 0.717) is 12.1 Å². The third-order valence-electron chi connectivity index (χ3n) is 5.57. The molecule has 0 saturated carbocycles. The summed E-state index contributed by atoms with van der Waals surface area (Å²) in [4.78, 5) is 11.8. The number of aliphatic hydroxyl groups is 1. The summed E-state index contributed by atoms with van der Waals surface area (Å²) >= 11 is 0. The summed E-state index contributed by atoms with van der Waals surface area (Å²) in [6.45, 7) is 2.48. The summed E-state index contributed by atoms with van der Waals surface area (Å²) in [5, 5.41) is 9.91. The van der Waals surface area contributed by atoms with Gasteiger partial charge >= 0.3 is 0 Å². The van der Waals surface area contributed by atoms with Gasteiger partial charge in [-0.15, -0.1) is 0 Å². The van der Waals surface area contributed by atoms with Gasteiger partial charge in [0.2, 0.25) is 0 Å². The third-order valence-corrected chi connectivity index (χ3v) is 5.57. The molecule has 4 rings (SSSR count). The van der Waals surface area contributed by atoms with E-state index in [4.69, 9.17) is 4.98 Å². The fourth-order valence-corrected chi connectivity index (χ4v) is 4.37. The zero-order valence-electron chi connectivity index (χ0n) is 12.4. The smallest absolute Gasteiger partial charge is 0.148 e. The molecule has 3 atom stereocenters. The minimum absolute atomic E-state index is 0.0518. The van der Waals surface area contributed by atoms with Crippen LogP contribution in [0, 0.1) is 5.41 Å². The lowest BCUT2D eigenvalue weighted by Crippen LogP contribution is -2.40. The maximum absolute atomic E-state index is 9.91. The molecular formula is C17H21N3O. The summed E-state index contributed by atoms with van der Waals surface area (Å²) in [5.41, 5.74) is 1.94. The van der Waals surface area contributed by atoms with Crippen LogP contribution in [-0.4, -0.2) is 33.8 Å². The number of aromatic nitrogens is 2. The largest absolute Gasteiger partial charge is 0.396 e. The van der Waals surface area contributed by atoms with E-state index in [1.807, 2.05) is 30.5 Å². The average Bonchev–Trinajstić information content (AvgIpc) is 3.10. The molecule has 0 spiro atoms. The van der Waals surface area contributed by atoms with Crippen LogP contribution in [0.2, 0.25) is 0 Å². The highest BCUT2D eigenvalue weighted by Crippen LogP contribution is 2.52. The molecule has 2 bridgehead atoms. The Kier molecular flexibility index (Phi) is 2.89. The van der Waals surface area contributed by atoms with Gasteiger partial charge in [0.1, 0.15) is 5.82 Å². The van der Waals surface area contributed by atoms with Gasteiger partial charge in [0, 0.05) is 17.5 Å². The molecular weight excluding hydrogens is 262 g/mol. The molecule has 2 saturated heterocycles. The van der Waals surface area contributed by atoms with Gasteiger partial charge in [0.05, 0.1) is 23.8 Å². The molecule has 1 N–H and O–H groups in total. The molecule has 0 amide bonds. The molecule has 2 aromatic rings. The van der Waals surface area contributed by atoms with Crippen molar-refractivity contribution in [3.63, 3.8) is 0 Å². The average molecular weight is 283 g/mol. The Morgan fingerprint density at radius 2 is 2.10 bits per heavy atom. The standard InChI is InChI=1S/C17H21N3O/c1-2-17(11-21)9-12-7-8-15(17)20(12)16-10-18-13-5-3-4-6-14(13)19-16/h3-6,10,12,15,21H,2,7-9,11H2,1H3/t12-,15+,17-/m1/s1. The van der Waals surface area contributed by atoms with Crippen molar-refractivity contribution in [1.82, 2.24) is 9.97 Å². The summed E-state index contributed by atoms with van der Waals surface area (Å²) in [7, 11) is 0. The number of para-hydroxylation sites is 2. The van der Waals surface area contributed by atoms with Gasteiger partial charge in [-0.1, -0.05) is 19.1 Å². The Balaban J connectivity index is 1.75. The number of fused-ring (bicyclic) bond motifs is 3. The fraction of sp³-hybridized carbons (Fsp3) is 0.529. The zero-order chi connectivity index (χ0) is 14.4. The molecule has 1 aromatic carbocycles. The molecule has 3 heterocycles. The Morgan fingerprint density at radius 1 is 1.29 bits per heavy atom. The van der Waals surface area contributed by atoms with E-state index < -0.39 is 0 Å². The van der Waals surface area contributed by atoms with E-state index in [9.17, 15) is 5.11 Å². The van der Waals surface area contributed by atoms with E-state index in [2.05, 4.69) is 16.8 Å². The minimum Gasteiger partial charge on any atom is -0.396 e. The maximum atomic E-state index is 9.91. The van der Waals surface area contributed by atoms with Crippen LogP contribution in [0.5, 0.6) is 0 Å². The van der Waals surface area contributed by atoms with Gasteiger partial charge in [-0.25, -0.2) is 4.98 Å². The van der Waals surface area contributed by atoms with Gasteiger partial charge < -0.3 is 10.0 Å². The number of aliphatic hydroxyl groups excluding tert-OH is 1. The topological polar surface area (TPSA) is 49.2 Å². The van der Waals surface area contributed by atoms with E-state index in [1.165, 1.54) is 6.42 Å². The second-order valence-electron chi connectivity index (χ2n) is 6.45. The van der Waals surface area contributed by atoms with Crippen LogP contribution in [0.1, 0.15) is 32.6 Å². The number of rotatable bonds is 3.